The minimum absolute atomic E-state index is 0.755. The van der Waals surface area contributed by atoms with E-state index in [1.807, 2.05) is 122 Å². The summed E-state index contributed by atoms with van der Waals surface area (Å²) in [7, 11) is -3.46. The maximum atomic E-state index is 5.40. The van der Waals surface area contributed by atoms with Crippen LogP contribution in [-0.4, -0.2) is 47.9 Å². The highest BCUT2D eigenvalue weighted by molar-refractivity contribution is 7.18. The van der Waals surface area contributed by atoms with Crippen LogP contribution >= 0.6 is 0 Å². The highest BCUT2D eigenvalue weighted by Crippen LogP contribution is 2.20. The van der Waals surface area contributed by atoms with E-state index in [1.165, 1.54) is 0 Å². The molecule has 0 N–H and O–H groups in total. The molecule has 0 fully saturated rings. The molecular weight excluding hydrogens is 621 g/mol. The lowest BCUT2D eigenvalue weighted by Crippen LogP contribution is -2.77. The molecule has 0 unspecified atom stereocenters. The molecule has 0 bridgehead atoms. The van der Waals surface area contributed by atoms with Crippen molar-refractivity contribution in [1.29, 1.82) is 0 Å². The molecule has 0 aromatic carbocycles. The summed E-state index contributed by atoms with van der Waals surface area (Å²) >= 11 is 0. The van der Waals surface area contributed by atoms with Crippen molar-refractivity contribution in [3.8, 4) is 45.4 Å². The Hall–Kier alpha value is -6.58. The second-order valence-corrected chi connectivity index (χ2v) is 14.9. The lowest BCUT2D eigenvalue weighted by molar-refractivity contribution is 1.24. The second-order valence-electron chi connectivity index (χ2n) is 11.3. The first-order valence-corrected chi connectivity index (χ1v) is 17.8. The van der Waals surface area contributed by atoms with Crippen molar-refractivity contribution < 1.29 is 0 Å². The molecular formula is C40H28N8Si. The Bertz CT molecular complexity index is 2000. The number of pyridine rings is 8. The van der Waals surface area contributed by atoms with Gasteiger partial charge in [0.05, 0.1) is 39.9 Å². The van der Waals surface area contributed by atoms with E-state index < -0.39 is 8.07 Å². The molecule has 8 heterocycles. The lowest BCUT2D eigenvalue weighted by atomic mass is 10.2. The van der Waals surface area contributed by atoms with E-state index in [2.05, 4.69) is 44.2 Å². The SMILES string of the molecule is c1ccc(-c2cncc([Si](c3cccc(-c4ccccn4)n3)(c3cccc(-c4ccccn4)n3)c3cccc(-c4ccccn4)n3)c2)nc1. The number of hydrogen-bond donors (Lipinski definition) is 0. The van der Waals surface area contributed by atoms with Gasteiger partial charge >= 0.3 is 0 Å². The fourth-order valence-electron chi connectivity index (χ4n) is 6.06. The smallest absolute Gasteiger partial charge is 0.245 e. The van der Waals surface area contributed by atoms with Crippen LogP contribution in [0, 0.1) is 0 Å². The zero-order valence-corrected chi connectivity index (χ0v) is 27.2. The normalized spacial score (nSPS) is 11.3. The summed E-state index contributed by atoms with van der Waals surface area (Å²) in [4.78, 5) is 39.6. The predicted octanol–water partition coefficient (Wildman–Crippen LogP) is 4.89. The summed E-state index contributed by atoms with van der Waals surface area (Å²) in [5.74, 6) is 0. The monoisotopic (exact) mass is 648 g/mol. The first kappa shape index (κ1) is 29.8. The van der Waals surface area contributed by atoms with Gasteiger partial charge in [-0.1, -0.05) is 42.5 Å². The van der Waals surface area contributed by atoms with Gasteiger partial charge in [-0.2, -0.15) is 0 Å². The Labute approximate surface area is 284 Å². The quantitative estimate of drug-likeness (QED) is 0.215. The molecule has 8 aromatic rings. The largest absolute Gasteiger partial charge is 0.264 e. The molecule has 0 amide bonds. The van der Waals surface area contributed by atoms with Gasteiger partial charge in [-0.05, 0) is 96.2 Å². The van der Waals surface area contributed by atoms with Gasteiger partial charge in [0, 0.05) is 58.7 Å². The van der Waals surface area contributed by atoms with Gasteiger partial charge in [-0.3, -0.25) is 39.9 Å². The molecule has 0 radical (unpaired) electrons. The van der Waals surface area contributed by atoms with E-state index in [4.69, 9.17) is 19.9 Å². The van der Waals surface area contributed by atoms with Crippen LogP contribution in [0.1, 0.15) is 0 Å². The molecule has 9 heteroatoms. The molecule has 49 heavy (non-hydrogen) atoms. The maximum Gasteiger partial charge on any atom is 0.245 e. The molecule has 8 aromatic heterocycles. The Morgan fingerprint density at radius 2 is 0.735 bits per heavy atom. The van der Waals surface area contributed by atoms with Crippen LogP contribution in [0.4, 0.5) is 0 Å². The van der Waals surface area contributed by atoms with Crippen molar-refractivity contribution in [3.63, 3.8) is 0 Å². The van der Waals surface area contributed by atoms with Gasteiger partial charge in [0.1, 0.15) is 0 Å². The third-order valence-corrected chi connectivity index (χ3v) is 12.6. The van der Waals surface area contributed by atoms with Crippen molar-refractivity contribution in [2.45, 2.75) is 0 Å². The zero-order chi connectivity index (χ0) is 32.9. The Kier molecular flexibility index (Phi) is 8.07. The van der Waals surface area contributed by atoms with Crippen LogP contribution in [0.15, 0.2) is 171 Å². The fourth-order valence-corrected chi connectivity index (χ4v) is 10.3. The molecule has 0 saturated carbocycles. The van der Waals surface area contributed by atoms with Crippen LogP contribution in [0.2, 0.25) is 0 Å². The van der Waals surface area contributed by atoms with Crippen molar-refractivity contribution in [3.05, 3.63) is 171 Å². The van der Waals surface area contributed by atoms with E-state index in [0.29, 0.717) is 0 Å². The van der Waals surface area contributed by atoms with Gasteiger partial charge in [0.25, 0.3) is 0 Å². The molecule has 0 aliphatic rings. The molecule has 8 nitrogen and oxygen atoms in total. The average Bonchev–Trinajstić information content (AvgIpc) is 3.20. The molecule has 8 rings (SSSR count). The summed E-state index contributed by atoms with van der Waals surface area (Å²) in [6.45, 7) is 0. The van der Waals surface area contributed by atoms with Crippen LogP contribution < -0.4 is 21.1 Å². The summed E-state index contributed by atoms with van der Waals surface area (Å²) in [5, 5.41) is 3.48. The van der Waals surface area contributed by atoms with Gasteiger partial charge in [0.2, 0.25) is 8.07 Å². The van der Waals surface area contributed by atoms with E-state index in [0.717, 1.165) is 66.6 Å². The highest BCUT2D eigenvalue weighted by Gasteiger charge is 2.47. The molecule has 232 valence electrons. The molecule has 0 aliphatic heterocycles. The number of nitrogens with zero attached hydrogens (tertiary/aromatic N) is 8. The van der Waals surface area contributed by atoms with Crippen LogP contribution in [0.3, 0.4) is 0 Å². The minimum atomic E-state index is -3.46. The topological polar surface area (TPSA) is 103 Å². The van der Waals surface area contributed by atoms with Gasteiger partial charge in [-0.25, -0.2) is 0 Å². The van der Waals surface area contributed by atoms with Crippen molar-refractivity contribution in [1.82, 2.24) is 39.9 Å². The van der Waals surface area contributed by atoms with Gasteiger partial charge in [-0.15, -0.1) is 0 Å². The first-order chi connectivity index (χ1) is 24.3. The average molecular weight is 649 g/mol. The maximum absolute atomic E-state index is 5.40. The molecule has 0 atom stereocenters. The van der Waals surface area contributed by atoms with E-state index in [1.54, 1.807) is 24.8 Å². The van der Waals surface area contributed by atoms with E-state index in [9.17, 15) is 0 Å². The van der Waals surface area contributed by atoms with Gasteiger partial charge < -0.3 is 0 Å². The van der Waals surface area contributed by atoms with Crippen LogP contribution in [0.25, 0.3) is 45.4 Å². The van der Waals surface area contributed by atoms with Crippen molar-refractivity contribution in [2.24, 2.45) is 0 Å². The second kappa shape index (κ2) is 13.3. The van der Waals surface area contributed by atoms with Crippen LogP contribution in [0.5, 0.6) is 0 Å². The Balaban J connectivity index is 1.47. The van der Waals surface area contributed by atoms with E-state index in [-0.39, 0.29) is 0 Å². The summed E-state index contributed by atoms with van der Waals surface area (Å²) in [6, 6.07) is 43.9. The molecule has 0 saturated heterocycles. The van der Waals surface area contributed by atoms with Crippen LogP contribution in [-0.2, 0) is 0 Å². The molecule has 0 spiro atoms. The lowest BCUT2D eigenvalue weighted by Gasteiger charge is -2.31. The minimum Gasteiger partial charge on any atom is -0.264 e. The summed E-state index contributed by atoms with van der Waals surface area (Å²) in [5.41, 5.74) is 6.30. The van der Waals surface area contributed by atoms with Crippen molar-refractivity contribution in [2.75, 3.05) is 0 Å². The van der Waals surface area contributed by atoms with Gasteiger partial charge in [0.15, 0.2) is 0 Å². The number of rotatable bonds is 8. The third-order valence-electron chi connectivity index (χ3n) is 8.31. The Morgan fingerprint density at radius 3 is 1.12 bits per heavy atom. The first-order valence-electron chi connectivity index (χ1n) is 15.8. The fraction of sp³-hybridized carbons (Fsp3) is 0. The standard InChI is InChI=1S/C40H28N8Si/c1-5-22-42-31(12-1)29-26-30(28-41-27-29)49(38-19-9-16-35(46-38)32-13-2-6-23-43-32,39-20-10-17-36(47-39)33-14-3-7-24-44-33)40-21-11-18-37(48-40)34-15-4-8-25-45-34/h1-28H. The molecule has 0 aliphatic carbocycles. The zero-order valence-electron chi connectivity index (χ0n) is 26.2. The summed E-state index contributed by atoms with van der Waals surface area (Å²) in [6.07, 6.45) is 10.9. The number of hydrogen-bond acceptors (Lipinski definition) is 8. The predicted molar refractivity (Wildman–Crippen MR) is 194 cm³/mol. The third kappa shape index (κ3) is 5.79. The van der Waals surface area contributed by atoms with E-state index >= 15 is 0 Å². The Morgan fingerprint density at radius 1 is 0.347 bits per heavy atom. The number of aromatic nitrogens is 8. The van der Waals surface area contributed by atoms with Crippen molar-refractivity contribution >= 4 is 29.2 Å². The summed E-state index contributed by atoms with van der Waals surface area (Å²) < 4.78 is 0. The highest BCUT2D eigenvalue weighted by atomic mass is 28.3.